The molecule has 0 saturated heterocycles. The standard InChI is InChI=1S/C13H28NO7P/c1-12(19-9-6-5-7-13(15)16)11-21-22(17,18)20-10-8-14(2,3)4/h12H,5-11H2,1-4H3,(H-,15,16,17,18)/t12-/m1/s1. The van der Waals surface area contributed by atoms with Crippen molar-refractivity contribution in [1.82, 2.24) is 0 Å². The highest BCUT2D eigenvalue weighted by Gasteiger charge is 2.15. The van der Waals surface area contributed by atoms with Crippen molar-refractivity contribution in [3.63, 3.8) is 0 Å². The van der Waals surface area contributed by atoms with Crippen molar-refractivity contribution in [1.29, 1.82) is 0 Å². The minimum Gasteiger partial charge on any atom is -0.756 e. The molecule has 0 saturated carbocycles. The van der Waals surface area contributed by atoms with Crippen LogP contribution in [0.2, 0.25) is 0 Å². The number of carboxylic acids is 1. The average molecular weight is 341 g/mol. The van der Waals surface area contributed by atoms with Gasteiger partial charge < -0.3 is 28.3 Å². The Balaban J connectivity index is 3.76. The number of ether oxygens (including phenoxy) is 1. The number of quaternary nitrogens is 1. The van der Waals surface area contributed by atoms with Crippen LogP contribution in [0, 0.1) is 0 Å². The van der Waals surface area contributed by atoms with E-state index >= 15 is 0 Å². The van der Waals surface area contributed by atoms with Gasteiger partial charge >= 0.3 is 5.97 Å². The van der Waals surface area contributed by atoms with Crippen molar-refractivity contribution in [2.45, 2.75) is 32.3 Å². The third-order valence-electron chi connectivity index (χ3n) is 2.67. The molecule has 0 aromatic rings. The minimum absolute atomic E-state index is 0.0642. The third kappa shape index (κ3) is 14.4. The fourth-order valence-electron chi connectivity index (χ4n) is 1.37. The smallest absolute Gasteiger partial charge is 0.303 e. The predicted molar refractivity (Wildman–Crippen MR) is 79.3 cm³/mol. The summed E-state index contributed by atoms with van der Waals surface area (Å²) in [4.78, 5) is 21.8. The van der Waals surface area contributed by atoms with E-state index in [-0.39, 0.29) is 19.6 Å². The van der Waals surface area contributed by atoms with Crippen LogP contribution in [0.1, 0.15) is 26.2 Å². The van der Waals surface area contributed by atoms with Crippen molar-refractivity contribution in [2.24, 2.45) is 0 Å². The number of hydrogen-bond acceptors (Lipinski definition) is 6. The van der Waals surface area contributed by atoms with Gasteiger partial charge in [0.05, 0.1) is 33.9 Å². The van der Waals surface area contributed by atoms with Crippen LogP contribution < -0.4 is 4.89 Å². The number of nitrogens with zero attached hydrogens (tertiary/aromatic N) is 1. The molecule has 0 amide bonds. The van der Waals surface area contributed by atoms with Crippen LogP contribution in [0.15, 0.2) is 0 Å². The Labute approximate surface area is 132 Å². The van der Waals surface area contributed by atoms with Gasteiger partial charge in [-0.05, 0) is 19.8 Å². The number of hydrogen-bond donors (Lipinski definition) is 1. The van der Waals surface area contributed by atoms with E-state index in [2.05, 4.69) is 0 Å². The maximum atomic E-state index is 11.5. The number of carboxylic acid groups (broad SMARTS) is 1. The van der Waals surface area contributed by atoms with Gasteiger partial charge in [-0.2, -0.15) is 0 Å². The largest absolute Gasteiger partial charge is 0.756 e. The van der Waals surface area contributed by atoms with E-state index in [1.54, 1.807) is 6.92 Å². The van der Waals surface area contributed by atoms with Crippen LogP contribution in [-0.2, 0) is 23.1 Å². The first-order chi connectivity index (χ1) is 10.0. The molecule has 0 fully saturated rings. The Bertz CT molecular complexity index is 370. The molecule has 0 bridgehead atoms. The molecule has 0 aromatic carbocycles. The van der Waals surface area contributed by atoms with Crippen molar-refractivity contribution in [3.8, 4) is 0 Å². The van der Waals surface area contributed by atoms with E-state index in [0.717, 1.165) is 0 Å². The molecule has 9 heteroatoms. The lowest BCUT2D eigenvalue weighted by atomic mass is 10.2. The van der Waals surface area contributed by atoms with E-state index in [1.807, 2.05) is 21.1 Å². The second-order valence-corrected chi connectivity index (χ2v) is 7.53. The molecule has 132 valence electrons. The molecule has 1 N–H and O–H groups in total. The molecule has 0 aliphatic heterocycles. The Morgan fingerprint density at radius 1 is 1.23 bits per heavy atom. The van der Waals surface area contributed by atoms with E-state index < -0.39 is 19.9 Å². The maximum Gasteiger partial charge on any atom is 0.303 e. The first-order valence-corrected chi connectivity index (χ1v) is 8.72. The summed E-state index contributed by atoms with van der Waals surface area (Å²) in [5.74, 6) is -0.838. The van der Waals surface area contributed by atoms with E-state index in [4.69, 9.17) is 18.9 Å². The number of likely N-dealkylation sites (N-methyl/N-ethyl adjacent to an activating group) is 1. The maximum absolute atomic E-state index is 11.5. The van der Waals surface area contributed by atoms with Gasteiger partial charge in [0.1, 0.15) is 13.2 Å². The van der Waals surface area contributed by atoms with Gasteiger partial charge in [-0.25, -0.2) is 0 Å². The summed E-state index contributed by atoms with van der Waals surface area (Å²) in [6.07, 6.45) is 0.821. The first-order valence-electron chi connectivity index (χ1n) is 7.26. The lowest BCUT2D eigenvalue weighted by Crippen LogP contribution is -2.37. The Morgan fingerprint density at radius 2 is 1.86 bits per heavy atom. The molecule has 8 nitrogen and oxygen atoms in total. The molecule has 0 aliphatic carbocycles. The molecular weight excluding hydrogens is 313 g/mol. The fraction of sp³-hybridized carbons (Fsp3) is 0.923. The summed E-state index contributed by atoms with van der Waals surface area (Å²) >= 11 is 0. The van der Waals surface area contributed by atoms with Crippen molar-refractivity contribution in [3.05, 3.63) is 0 Å². The lowest BCUT2D eigenvalue weighted by Gasteiger charge is -2.28. The van der Waals surface area contributed by atoms with Crippen LogP contribution in [0.5, 0.6) is 0 Å². The zero-order chi connectivity index (χ0) is 17.2. The van der Waals surface area contributed by atoms with Gasteiger partial charge in [-0.3, -0.25) is 9.36 Å². The SMILES string of the molecule is C[C@H](COP(=O)([O-])OCC[N+](C)(C)C)OCCCCC(=O)O. The zero-order valence-corrected chi connectivity index (χ0v) is 14.7. The van der Waals surface area contributed by atoms with E-state index in [1.165, 1.54) is 0 Å². The Hall–Kier alpha value is -0.500. The molecule has 1 unspecified atom stereocenters. The average Bonchev–Trinajstić information content (AvgIpc) is 2.34. The van der Waals surface area contributed by atoms with Gasteiger partial charge in [-0.15, -0.1) is 0 Å². The summed E-state index contributed by atoms with van der Waals surface area (Å²) in [5, 5.41) is 8.48. The predicted octanol–water partition coefficient (Wildman–Crippen LogP) is 0.854. The Kier molecular flexibility index (Phi) is 10.1. The third-order valence-corrected chi connectivity index (χ3v) is 3.63. The summed E-state index contributed by atoms with van der Waals surface area (Å²) in [6, 6.07) is 0. The first kappa shape index (κ1) is 21.5. The minimum atomic E-state index is -4.31. The van der Waals surface area contributed by atoms with Crippen LogP contribution in [-0.4, -0.2) is 69.2 Å². The van der Waals surface area contributed by atoms with E-state index in [9.17, 15) is 14.3 Å². The zero-order valence-electron chi connectivity index (χ0n) is 13.8. The summed E-state index contributed by atoms with van der Waals surface area (Å²) in [6.45, 7) is 2.54. The molecule has 0 rings (SSSR count). The van der Waals surface area contributed by atoms with Crippen molar-refractivity contribution in [2.75, 3.05) is 47.5 Å². The molecule has 0 radical (unpaired) electrons. The highest BCUT2D eigenvalue weighted by molar-refractivity contribution is 7.45. The van der Waals surface area contributed by atoms with Crippen LogP contribution in [0.3, 0.4) is 0 Å². The van der Waals surface area contributed by atoms with Gasteiger partial charge in [0.15, 0.2) is 0 Å². The monoisotopic (exact) mass is 341 g/mol. The van der Waals surface area contributed by atoms with Crippen molar-refractivity contribution < 1.29 is 37.6 Å². The molecule has 22 heavy (non-hydrogen) atoms. The normalized spacial score (nSPS) is 16.2. The van der Waals surface area contributed by atoms with Gasteiger partial charge in [-0.1, -0.05) is 0 Å². The summed E-state index contributed by atoms with van der Waals surface area (Å²) < 4.78 is 27.0. The number of carbonyl (C=O) groups is 1. The van der Waals surface area contributed by atoms with Gasteiger partial charge in [0.25, 0.3) is 7.82 Å². The number of aliphatic carboxylic acids is 1. The molecule has 0 aromatic heterocycles. The van der Waals surface area contributed by atoms with Gasteiger partial charge in [0.2, 0.25) is 0 Å². The highest BCUT2D eigenvalue weighted by Crippen LogP contribution is 2.38. The highest BCUT2D eigenvalue weighted by atomic mass is 31.2. The number of phosphoric acid groups is 1. The summed E-state index contributed by atoms with van der Waals surface area (Å²) in [7, 11) is 1.48. The van der Waals surface area contributed by atoms with Crippen LogP contribution in [0.25, 0.3) is 0 Å². The quantitative estimate of drug-likeness (QED) is 0.301. The fourth-order valence-corrected chi connectivity index (χ4v) is 2.14. The topological polar surface area (TPSA) is 105 Å². The van der Waals surface area contributed by atoms with Crippen molar-refractivity contribution >= 4 is 13.8 Å². The number of rotatable bonds is 13. The van der Waals surface area contributed by atoms with Crippen LogP contribution in [0.4, 0.5) is 0 Å². The lowest BCUT2D eigenvalue weighted by molar-refractivity contribution is -0.870. The molecular formula is C13H28NO7P. The molecule has 0 aliphatic rings. The van der Waals surface area contributed by atoms with E-state index in [0.29, 0.717) is 30.5 Å². The second kappa shape index (κ2) is 10.3. The molecule has 2 atom stereocenters. The molecule has 0 spiro atoms. The van der Waals surface area contributed by atoms with Crippen LogP contribution >= 0.6 is 7.82 Å². The Morgan fingerprint density at radius 3 is 2.41 bits per heavy atom. The van der Waals surface area contributed by atoms with Gasteiger partial charge in [0, 0.05) is 13.0 Å². The number of unbranched alkanes of at least 4 members (excludes halogenated alkanes) is 1. The second-order valence-electron chi connectivity index (χ2n) is 6.12. The molecule has 0 heterocycles. The summed E-state index contributed by atoms with van der Waals surface area (Å²) in [5.41, 5.74) is 0. The number of phosphoric ester groups is 1.